The van der Waals surface area contributed by atoms with Crippen molar-refractivity contribution in [3.05, 3.63) is 53.6 Å². The van der Waals surface area contributed by atoms with Crippen LogP contribution in [0.25, 0.3) is 0 Å². The molecule has 0 radical (unpaired) electrons. The first-order valence-electron chi connectivity index (χ1n) is 9.41. The Morgan fingerprint density at radius 3 is 2.62 bits per heavy atom. The lowest BCUT2D eigenvalue weighted by Gasteiger charge is -2.21. The van der Waals surface area contributed by atoms with Crippen LogP contribution in [0.15, 0.2) is 52.3 Å². The molecule has 0 saturated carbocycles. The minimum absolute atomic E-state index is 0.106. The maximum absolute atomic E-state index is 12.6. The Labute approximate surface area is 175 Å². The summed E-state index contributed by atoms with van der Waals surface area (Å²) in [5.74, 6) is -0.721. The van der Waals surface area contributed by atoms with Crippen LogP contribution in [0.3, 0.4) is 0 Å². The second kappa shape index (κ2) is 9.00. The molecule has 0 saturated heterocycles. The highest BCUT2D eigenvalue weighted by molar-refractivity contribution is 8.01. The predicted octanol–water partition coefficient (Wildman–Crippen LogP) is 2.95. The number of nitrogens with one attached hydrogen (secondary N) is 2. The van der Waals surface area contributed by atoms with Crippen LogP contribution in [0.4, 0.5) is 5.69 Å². The average Bonchev–Trinajstić information content (AvgIpc) is 2.68. The predicted molar refractivity (Wildman–Crippen MR) is 115 cm³/mol. The third-order valence-corrected chi connectivity index (χ3v) is 7.59. The number of fused-ring (bicyclic) bond motifs is 1. The van der Waals surface area contributed by atoms with Crippen LogP contribution in [0.1, 0.15) is 24.5 Å². The number of sulfone groups is 1. The molecule has 1 aliphatic rings. The van der Waals surface area contributed by atoms with E-state index in [4.69, 9.17) is 0 Å². The second-order valence-corrected chi connectivity index (χ2v) is 10.6. The van der Waals surface area contributed by atoms with E-state index in [1.165, 1.54) is 29.5 Å². The molecule has 29 heavy (non-hydrogen) atoms. The molecule has 1 atom stereocenters. The van der Waals surface area contributed by atoms with E-state index >= 15 is 0 Å². The topological polar surface area (TPSA) is 92.3 Å². The van der Waals surface area contributed by atoms with E-state index in [0.29, 0.717) is 18.7 Å². The zero-order chi connectivity index (χ0) is 21.0. The summed E-state index contributed by atoms with van der Waals surface area (Å²) in [7, 11) is -3.62. The van der Waals surface area contributed by atoms with Gasteiger partial charge in [-0.1, -0.05) is 29.8 Å². The van der Waals surface area contributed by atoms with E-state index in [-0.39, 0.29) is 34.1 Å². The fourth-order valence-electron chi connectivity index (χ4n) is 2.92. The summed E-state index contributed by atoms with van der Waals surface area (Å²) in [5.41, 5.74) is 2.80. The number of benzene rings is 2. The molecule has 3 rings (SSSR count). The summed E-state index contributed by atoms with van der Waals surface area (Å²) >= 11 is 1.39. The molecule has 154 valence electrons. The third kappa shape index (κ3) is 5.61. The molecule has 0 unspecified atom stereocenters. The monoisotopic (exact) mass is 432 g/mol. The van der Waals surface area contributed by atoms with Gasteiger partial charge in [0.2, 0.25) is 11.8 Å². The fraction of sp³-hybridized carbons (Fsp3) is 0.333. The Morgan fingerprint density at radius 2 is 1.90 bits per heavy atom. The Balaban J connectivity index is 1.53. The fourth-order valence-corrected chi connectivity index (χ4v) is 5.11. The molecule has 2 aromatic carbocycles. The van der Waals surface area contributed by atoms with Crippen LogP contribution < -0.4 is 10.6 Å². The molecule has 2 N–H and O–H groups in total. The molecule has 2 amide bonds. The molecular formula is C21H24N2O4S2. The van der Waals surface area contributed by atoms with Crippen molar-refractivity contribution in [3.63, 3.8) is 0 Å². The lowest BCUT2D eigenvalue weighted by atomic mass is 10.1. The SMILES string of the molecule is Cc1ccc(CCNC(=O)CCS(=O)(=O)c2ccc3c(c2)NC(=O)[C@@H](C)S3)cc1. The smallest absolute Gasteiger partial charge is 0.237 e. The normalized spacial score (nSPS) is 16.1. The van der Waals surface area contributed by atoms with E-state index in [2.05, 4.69) is 10.6 Å². The van der Waals surface area contributed by atoms with Gasteiger partial charge < -0.3 is 10.6 Å². The van der Waals surface area contributed by atoms with E-state index in [0.717, 1.165) is 10.5 Å². The number of anilines is 1. The first kappa shape index (κ1) is 21.4. The molecule has 0 bridgehead atoms. The van der Waals surface area contributed by atoms with Gasteiger partial charge in [0, 0.05) is 17.9 Å². The molecule has 0 fully saturated rings. The van der Waals surface area contributed by atoms with Gasteiger partial charge in [0.25, 0.3) is 0 Å². The van der Waals surface area contributed by atoms with Crippen molar-refractivity contribution in [1.29, 1.82) is 0 Å². The molecule has 0 aliphatic carbocycles. The first-order chi connectivity index (χ1) is 13.7. The Bertz CT molecular complexity index is 1020. The third-order valence-electron chi connectivity index (χ3n) is 4.70. The first-order valence-corrected chi connectivity index (χ1v) is 11.9. The zero-order valence-corrected chi connectivity index (χ0v) is 18.0. The molecule has 2 aromatic rings. The maximum Gasteiger partial charge on any atom is 0.237 e. The summed E-state index contributed by atoms with van der Waals surface area (Å²) in [6.45, 7) is 4.27. The summed E-state index contributed by atoms with van der Waals surface area (Å²) in [4.78, 5) is 24.8. The van der Waals surface area contributed by atoms with E-state index in [9.17, 15) is 18.0 Å². The van der Waals surface area contributed by atoms with Gasteiger partial charge in [-0.2, -0.15) is 0 Å². The lowest BCUT2D eigenvalue weighted by Crippen LogP contribution is -2.28. The van der Waals surface area contributed by atoms with Gasteiger partial charge in [-0.3, -0.25) is 9.59 Å². The van der Waals surface area contributed by atoms with E-state index in [1.807, 2.05) is 31.2 Å². The Hall–Kier alpha value is -2.32. The number of aryl methyl sites for hydroxylation is 1. The standard InChI is InChI=1S/C21H24N2O4S2/c1-14-3-5-16(6-4-14)9-11-22-20(24)10-12-29(26,27)17-7-8-19-18(13-17)23-21(25)15(2)28-19/h3-8,13,15H,9-12H2,1-2H3,(H,22,24)(H,23,25)/t15-/m1/s1. The van der Waals surface area contributed by atoms with Crippen molar-refractivity contribution >= 4 is 39.1 Å². The minimum atomic E-state index is -3.62. The van der Waals surface area contributed by atoms with Gasteiger partial charge >= 0.3 is 0 Å². The Morgan fingerprint density at radius 1 is 1.17 bits per heavy atom. The van der Waals surface area contributed by atoms with Crippen LogP contribution in [-0.4, -0.2) is 37.8 Å². The number of thioether (sulfide) groups is 1. The highest BCUT2D eigenvalue weighted by Gasteiger charge is 2.25. The Kier molecular flexibility index (Phi) is 6.64. The quantitative estimate of drug-likeness (QED) is 0.702. The highest BCUT2D eigenvalue weighted by atomic mass is 32.2. The maximum atomic E-state index is 12.6. The van der Waals surface area contributed by atoms with Gasteiger partial charge in [-0.15, -0.1) is 11.8 Å². The van der Waals surface area contributed by atoms with E-state index in [1.54, 1.807) is 13.0 Å². The molecular weight excluding hydrogens is 408 g/mol. The van der Waals surface area contributed by atoms with Crippen LogP contribution >= 0.6 is 11.8 Å². The lowest BCUT2D eigenvalue weighted by molar-refractivity contribution is -0.120. The zero-order valence-electron chi connectivity index (χ0n) is 16.4. The molecule has 8 heteroatoms. The number of amides is 2. The van der Waals surface area contributed by atoms with Gasteiger partial charge in [0.05, 0.1) is 21.6 Å². The van der Waals surface area contributed by atoms with E-state index < -0.39 is 9.84 Å². The number of carbonyl (C=O) groups is 2. The van der Waals surface area contributed by atoms with Gasteiger partial charge in [0.15, 0.2) is 9.84 Å². The number of hydrogen-bond acceptors (Lipinski definition) is 5. The molecule has 1 heterocycles. The van der Waals surface area contributed by atoms with Crippen molar-refractivity contribution in [3.8, 4) is 0 Å². The van der Waals surface area contributed by atoms with Crippen molar-refractivity contribution in [1.82, 2.24) is 5.32 Å². The van der Waals surface area contributed by atoms with Gasteiger partial charge in [-0.25, -0.2) is 8.42 Å². The van der Waals surface area contributed by atoms with Crippen molar-refractivity contribution < 1.29 is 18.0 Å². The number of rotatable bonds is 7. The van der Waals surface area contributed by atoms with Crippen LogP contribution in [0.5, 0.6) is 0 Å². The van der Waals surface area contributed by atoms with Crippen molar-refractivity contribution in [2.75, 3.05) is 17.6 Å². The molecule has 6 nitrogen and oxygen atoms in total. The summed E-state index contributed by atoms with van der Waals surface area (Å²) in [6, 6.07) is 12.8. The van der Waals surface area contributed by atoms with Crippen LogP contribution in [0, 0.1) is 6.92 Å². The van der Waals surface area contributed by atoms with Crippen molar-refractivity contribution in [2.45, 2.75) is 41.7 Å². The summed E-state index contributed by atoms with van der Waals surface area (Å²) in [5, 5.41) is 5.28. The number of carbonyl (C=O) groups excluding carboxylic acids is 2. The summed E-state index contributed by atoms with van der Waals surface area (Å²) in [6.07, 6.45) is 0.588. The largest absolute Gasteiger partial charge is 0.356 e. The summed E-state index contributed by atoms with van der Waals surface area (Å²) < 4.78 is 25.2. The van der Waals surface area contributed by atoms with Crippen molar-refractivity contribution in [2.24, 2.45) is 0 Å². The van der Waals surface area contributed by atoms with Gasteiger partial charge in [-0.05, 0) is 44.0 Å². The molecule has 1 aliphatic heterocycles. The minimum Gasteiger partial charge on any atom is -0.356 e. The molecule has 0 spiro atoms. The second-order valence-electron chi connectivity index (χ2n) is 7.06. The van der Waals surface area contributed by atoms with Crippen LogP contribution in [0.2, 0.25) is 0 Å². The number of hydrogen-bond donors (Lipinski definition) is 2. The highest BCUT2D eigenvalue weighted by Crippen LogP contribution is 2.36. The average molecular weight is 433 g/mol. The van der Waals surface area contributed by atoms with Gasteiger partial charge in [0.1, 0.15) is 0 Å². The van der Waals surface area contributed by atoms with Crippen LogP contribution in [-0.2, 0) is 25.8 Å². The molecule has 0 aromatic heterocycles.